The zero-order valence-electron chi connectivity index (χ0n) is 10.7. The van der Waals surface area contributed by atoms with Crippen molar-refractivity contribution in [2.24, 2.45) is 0 Å². The van der Waals surface area contributed by atoms with Gasteiger partial charge in [-0.15, -0.1) is 0 Å². The van der Waals surface area contributed by atoms with E-state index in [1.165, 1.54) is 0 Å². The van der Waals surface area contributed by atoms with E-state index in [2.05, 4.69) is 30.1 Å². The van der Waals surface area contributed by atoms with Crippen molar-refractivity contribution in [2.75, 3.05) is 25.0 Å². The molecule has 1 rings (SSSR count). The van der Waals surface area contributed by atoms with E-state index in [0.29, 0.717) is 6.42 Å². The van der Waals surface area contributed by atoms with Crippen LogP contribution in [-0.2, 0) is 4.79 Å². The van der Waals surface area contributed by atoms with Crippen LogP contribution in [0, 0.1) is 6.07 Å². The molecule has 0 aliphatic rings. The Morgan fingerprint density at radius 3 is 2.53 bits per heavy atom. The maximum Gasteiger partial charge on any atom is 0.224 e. The Morgan fingerprint density at radius 2 is 1.94 bits per heavy atom. The summed E-state index contributed by atoms with van der Waals surface area (Å²) in [6.07, 6.45) is 1.49. The molecule has 1 aromatic carbocycles. The van der Waals surface area contributed by atoms with E-state index in [1.54, 1.807) is 12.1 Å². The first-order chi connectivity index (χ1) is 8.26. The van der Waals surface area contributed by atoms with Crippen LogP contribution in [0.25, 0.3) is 0 Å². The molecule has 3 nitrogen and oxygen atoms in total. The van der Waals surface area contributed by atoms with Crippen LogP contribution in [0.5, 0.6) is 0 Å². The van der Waals surface area contributed by atoms with Crippen molar-refractivity contribution < 1.29 is 4.79 Å². The molecule has 0 spiro atoms. The molecule has 0 unspecified atom stereocenters. The van der Waals surface area contributed by atoms with Gasteiger partial charge in [0.15, 0.2) is 0 Å². The van der Waals surface area contributed by atoms with Crippen LogP contribution in [0.4, 0.5) is 5.69 Å². The first-order valence-corrected chi connectivity index (χ1v) is 6.24. The molecule has 0 bridgehead atoms. The molecule has 0 aromatic heterocycles. The van der Waals surface area contributed by atoms with Gasteiger partial charge >= 0.3 is 0 Å². The molecule has 1 amide bonds. The van der Waals surface area contributed by atoms with E-state index in [4.69, 9.17) is 0 Å². The average Bonchev–Trinajstić information content (AvgIpc) is 2.36. The number of nitrogens with zero attached hydrogens (tertiary/aromatic N) is 1. The summed E-state index contributed by atoms with van der Waals surface area (Å²) in [5.41, 5.74) is 0.844. The Bertz CT molecular complexity index is 320. The highest BCUT2D eigenvalue weighted by Crippen LogP contribution is 2.06. The minimum atomic E-state index is 0.0864. The normalized spacial score (nSPS) is 10.5. The number of carbonyl (C=O) groups is 1. The number of carbonyl (C=O) groups excluding carboxylic acids is 1. The van der Waals surface area contributed by atoms with Crippen LogP contribution in [-0.4, -0.2) is 30.4 Å². The fourth-order valence-corrected chi connectivity index (χ4v) is 1.70. The Hall–Kier alpha value is -1.35. The standard InChI is InChI=1S/C14H21N2O/c1-3-16(4-2)12-8-11-14(17)15-13-9-6-5-7-10-13/h6-7,9-10H,3-4,8,11-12H2,1-2H3,(H,15,17). The number of amides is 1. The van der Waals surface area contributed by atoms with Crippen molar-refractivity contribution in [3.8, 4) is 0 Å². The van der Waals surface area contributed by atoms with Gasteiger partial charge in [-0.1, -0.05) is 26.0 Å². The highest BCUT2D eigenvalue weighted by Gasteiger charge is 2.04. The Balaban J connectivity index is 2.22. The number of anilines is 1. The van der Waals surface area contributed by atoms with E-state index in [9.17, 15) is 4.79 Å². The van der Waals surface area contributed by atoms with Crippen LogP contribution in [0.3, 0.4) is 0 Å². The molecule has 1 radical (unpaired) electrons. The van der Waals surface area contributed by atoms with Crippen LogP contribution < -0.4 is 5.32 Å². The van der Waals surface area contributed by atoms with Crippen molar-refractivity contribution in [3.63, 3.8) is 0 Å². The zero-order valence-corrected chi connectivity index (χ0v) is 10.7. The monoisotopic (exact) mass is 233 g/mol. The van der Waals surface area contributed by atoms with Gasteiger partial charge in [-0.2, -0.15) is 0 Å². The molecule has 1 aromatic rings. The first kappa shape index (κ1) is 13.7. The summed E-state index contributed by atoms with van der Waals surface area (Å²) in [5, 5.41) is 2.87. The lowest BCUT2D eigenvalue weighted by Crippen LogP contribution is -2.25. The molecule has 0 heterocycles. The lowest BCUT2D eigenvalue weighted by atomic mass is 10.2. The summed E-state index contributed by atoms with van der Waals surface area (Å²) >= 11 is 0. The molecule has 0 aliphatic carbocycles. The van der Waals surface area contributed by atoms with E-state index >= 15 is 0 Å². The van der Waals surface area contributed by atoms with Crippen LogP contribution in [0.15, 0.2) is 24.3 Å². The fourth-order valence-electron chi connectivity index (χ4n) is 1.70. The largest absolute Gasteiger partial charge is 0.326 e. The van der Waals surface area contributed by atoms with Gasteiger partial charge in [0.05, 0.1) is 0 Å². The van der Waals surface area contributed by atoms with Gasteiger partial charge in [0.25, 0.3) is 0 Å². The van der Waals surface area contributed by atoms with Crippen LogP contribution in [0.1, 0.15) is 26.7 Å². The smallest absolute Gasteiger partial charge is 0.224 e. The summed E-state index contributed by atoms with van der Waals surface area (Å²) in [5.74, 6) is 0.0864. The molecule has 1 N–H and O–H groups in total. The number of benzene rings is 1. The van der Waals surface area contributed by atoms with Gasteiger partial charge < -0.3 is 10.2 Å². The van der Waals surface area contributed by atoms with E-state index < -0.39 is 0 Å². The molecule has 0 saturated heterocycles. The van der Waals surface area contributed by atoms with Crippen molar-refractivity contribution >= 4 is 11.6 Å². The average molecular weight is 233 g/mol. The summed E-state index contributed by atoms with van der Waals surface area (Å²) in [4.78, 5) is 14.0. The predicted octanol–water partition coefficient (Wildman–Crippen LogP) is 2.55. The molecule has 0 saturated carbocycles. The Morgan fingerprint density at radius 1 is 1.29 bits per heavy atom. The zero-order chi connectivity index (χ0) is 12.5. The quantitative estimate of drug-likeness (QED) is 0.785. The molecular weight excluding hydrogens is 212 g/mol. The number of rotatable bonds is 7. The van der Waals surface area contributed by atoms with Crippen LogP contribution >= 0.6 is 0 Å². The number of hydrogen-bond donors (Lipinski definition) is 1. The molecule has 0 atom stereocenters. The number of hydrogen-bond acceptors (Lipinski definition) is 2. The third-order valence-corrected chi connectivity index (χ3v) is 2.77. The predicted molar refractivity (Wildman–Crippen MR) is 70.9 cm³/mol. The van der Waals surface area contributed by atoms with E-state index in [0.717, 1.165) is 31.7 Å². The summed E-state index contributed by atoms with van der Waals surface area (Å²) in [6, 6.07) is 10.2. The van der Waals surface area contributed by atoms with Crippen LogP contribution in [0.2, 0.25) is 0 Å². The lowest BCUT2D eigenvalue weighted by Gasteiger charge is -2.17. The van der Waals surface area contributed by atoms with Gasteiger partial charge in [0, 0.05) is 12.1 Å². The van der Waals surface area contributed by atoms with Crippen molar-refractivity contribution in [2.45, 2.75) is 26.7 Å². The molecule has 0 aliphatic heterocycles. The lowest BCUT2D eigenvalue weighted by molar-refractivity contribution is -0.116. The van der Waals surface area contributed by atoms with Crippen molar-refractivity contribution in [1.29, 1.82) is 0 Å². The second-order valence-corrected chi connectivity index (χ2v) is 3.97. The summed E-state index contributed by atoms with van der Waals surface area (Å²) in [7, 11) is 0. The number of nitrogens with one attached hydrogen (secondary N) is 1. The minimum Gasteiger partial charge on any atom is -0.326 e. The first-order valence-electron chi connectivity index (χ1n) is 6.24. The minimum absolute atomic E-state index is 0.0864. The maximum absolute atomic E-state index is 11.6. The molecule has 93 valence electrons. The Labute approximate surface area is 104 Å². The third-order valence-electron chi connectivity index (χ3n) is 2.77. The van der Waals surface area contributed by atoms with Gasteiger partial charge in [0.1, 0.15) is 0 Å². The third kappa shape index (κ3) is 5.50. The molecule has 3 heteroatoms. The van der Waals surface area contributed by atoms with Gasteiger partial charge in [-0.25, -0.2) is 0 Å². The second kappa shape index (κ2) is 7.85. The van der Waals surface area contributed by atoms with E-state index in [-0.39, 0.29) is 5.91 Å². The van der Waals surface area contributed by atoms with E-state index in [1.807, 2.05) is 12.1 Å². The van der Waals surface area contributed by atoms with Crippen molar-refractivity contribution in [3.05, 3.63) is 30.3 Å². The summed E-state index contributed by atoms with van der Waals surface area (Å²) < 4.78 is 0. The highest BCUT2D eigenvalue weighted by molar-refractivity contribution is 5.90. The molecule has 17 heavy (non-hydrogen) atoms. The molecule has 0 fully saturated rings. The van der Waals surface area contributed by atoms with Gasteiger partial charge in [-0.05, 0) is 44.3 Å². The highest BCUT2D eigenvalue weighted by atomic mass is 16.1. The SMILES string of the molecule is CCN(CC)CCCC(=O)Nc1cc[c]cc1. The Kier molecular flexibility index (Phi) is 6.33. The second-order valence-electron chi connectivity index (χ2n) is 3.97. The molecular formula is C14H21N2O. The fraction of sp³-hybridized carbons (Fsp3) is 0.500. The summed E-state index contributed by atoms with van der Waals surface area (Å²) in [6.45, 7) is 7.37. The van der Waals surface area contributed by atoms with Gasteiger partial charge in [0.2, 0.25) is 5.91 Å². The topological polar surface area (TPSA) is 32.3 Å². The van der Waals surface area contributed by atoms with Gasteiger partial charge in [-0.3, -0.25) is 4.79 Å². The maximum atomic E-state index is 11.6. The van der Waals surface area contributed by atoms with Crippen molar-refractivity contribution in [1.82, 2.24) is 4.90 Å².